The number of nitrogens with one attached hydrogen (secondary N) is 2. The van der Waals surface area contributed by atoms with Crippen LogP contribution in [0, 0.1) is 5.92 Å². The van der Waals surface area contributed by atoms with E-state index in [9.17, 15) is 0 Å². The number of hydrogen-bond donors (Lipinski definition) is 2. The van der Waals surface area contributed by atoms with Gasteiger partial charge in [0, 0.05) is 23.8 Å². The maximum Gasteiger partial charge on any atom is 0.170 e. The van der Waals surface area contributed by atoms with Crippen molar-refractivity contribution in [2.75, 3.05) is 11.9 Å². The number of nitrogens with zero attached hydrogens (tertiary/aromatic N) is 1. The molecule has 0 aliphatic heterocycles. The van der Waals surface area contributed by atoms with Gasteiger partial charge >= 0.3 is 0 Å². The van der Waals surface area contributed by atoms with Crippen LogP contribution in [0.1, 0.15) is 13.8 Å². The first kappa shape index (κ1) is 12.8. The molecule has 4 heteroatoms. The number of aromatic nitrogens is 1. The molecule has 0 saturated carbocycles. The Bertz CT molecular complexity index is 546. The number of benzene rings is 1. The normalized spacial score (nSPS) is 10.6. The van der Waals surface area contributed by atoms with Crippen LogP contribution in [0.2, 0.25) is 0 Å². The van der Waals surface area contributed by atoms with E-state index in [1.807, 2.05) is 30.3 Å². The second kappa shape index (κ2) is 5.78. The minimum absolute atomic E-state index is 0.568. The highest BCUT2D eigenvalue weighted by Crippen LogP contribution is 2.20. The standard InChI is InChI=1S/C14H17N3S/c1-10(2)9-16-14(18)17-13-7-3-6-12-11(13)5-4-8-15-12/h3-8,10H,9H2,1-2H3,(H2,16,17,18). The molecule has 0 amide bonds. The summed E-state index contributed by atoms with van der Waals surface area (Å²) in [6.07, 6.45) is 1.79. The lowest BCUT2D eigenvalue weighted by molar-refractivity contribution is 0.627. The lowest BCUT2D eigenvalue weighted by Gasteiger charge is -2.13. The van der Waals surface area contributed by atoms with Crippen LogP contribution >= 0.6 is 12.2 Å². The molecule has 3 nitrogen and oxygen atoms in total. The lowest BCUT2D eigenvalue weighted by atomic mass is 10.2. The smallest absolute Gasteiger partial charge is 0.170 e. The molecular weight excluding hydrogens is 242 g/mol. The van der Waals surface area contributed by atoms with Crippen molar-refractivity contribution >= 4 is 33.9 Å². The van der Waals surface area contributed by atoms with E-state index in [2.05, 4.69) is 29.5 Å². The molecule has 1 heterocycles. The maximum atomic E-state index is 5.27. The highest BCUT2D eigenvalue weighted by atomic mass is 32.1. The van der Waals surface area contributed by atoms with Crippen LogP contribution in [-0.2, 0) is 0 Å². The van der Waals surface area contributed by atoms with Crippen LogP contribution in [0.3, 0.4) is 0 Å². The minimum atomic E-state index is 0.568. The van der Waals surface area contributed by atoms with Crippen molar-refractivity contribution in [1.29, 1.82) is 0 Å². The van der Waals surface area contributed by atoms with Gasteiger partial charge in [0.1, 0.15) is 0 Å². The van der Waals surface area contributed by atoms with Gasteiger partial charge in [0.15, 0.2) is 5.11 Å². The maximum absolute atomic E-state index is 5.27. The van der Waals surface area contributed by atoms with E-state index >= 15 is 0 Å². The third-order valence-corrected chi connectivity index (χ3v) is 2.81. The molecule has 0 unspecified atom stereocenters. The molecule has 0 spiro atoms. The van der Waals surface area contributed by atoms with Gasteiger partial charge in [0.25, 0.3) is 0 Å². The molecule has 0 radical (unpaired) electrons. The number of fused-ring (bicyclic) bond motifs is 1. The third-order valence-electron chi connectivity index (χ3n) is 2.56. The van der Waals surface area contributed by atoms with Crippen LogP contribution in [0.15, 0.2) is 36.5 Å². The van der Waals surface area contributed by atoms with Crippen LogP contribution < -0.4 is 10.6 Å². The number of hydrogen-bond acceptors (Lipinski definition) is 2. The van der Waals surface area contributed by atoms with Gasteiger partial charge in [-0.3, -0.25) is 4.98 Å². The molecule has 0 aliphatic carbocycles. The number of rotatable bonds is 3. The monoisotopic (exact) mass is 259 g/mol. The van der Waals surface area contributed by atoms with Gasteiger partial charge < -0.3 is 10.6 Å². The summed E-state index contributed by atoms with van der Waals surface area (Å²) in [6, 6.07) is 9.94. The molecule has 18 heavy (non-hydrogen) atoms. The lowest BCUT2D eigenvalue weighted by Crippen LogP contribution is -2.31. The first-order valence-electron chi connectivity index (χ1n) is 6.05. The van der Waals surface area contributed by atoms with Crippen molar-refractivity contribution in [3.8, 4) is 0 Å². The fourth-order valence-corrected chi connectivity index (χ4v) is 1.87. The fourth-order valence-electron chi connectivity index (χ4n) is 1.68. The van der Waals surface area contributed by atoms with E-state index in [1.165, 1.54) is 0 Å². The van der Waals surface area contributed by atoms with Crippen LogP contribution in [0.25, 0.3) is 10.9 Å². The van der Waals surface area contributed by atoms with Gasteiger partial charge in [0.05, 0.1) is 5.52 Å². The quantitative estimate of drug-likeness (QED) is 0.830. The Kier molecular flexibility index (Phi) is 4.10. The summed E-state index contributed by atoms with van der Waals surface area (Å²) in [4.78, 5) is 4.32. The van der Waals surface area contributed by atoms with Gasteiger partial charge in [-0.15, -0.1) is 0 Å². The summed E-state index contributed by atoms with van der Waals surface area (Å²) in [7, 11) is 0. The molecule has 0 bridgehead atoms. The molecule has 2 aromatic rings. The summed E-state index contributed by atoms with van der Waals surface area (Å²) >= 11 is 5.27. The fraction of sp³-hybridized carbons (Fsp3) is 0.286. The van der Waals surface area contributed by atoms with E-state index in [0.29, 0.717) is 11.0 Å². The van der Waals surface area contributed by atoms with Crippen molar-refractivity contribution in [1.82, 2.24) is 10.3 Å². The predicted molar refractivity (Wildman–Crippen MR) is 80.8 cm³/mol. The Balaban J connectivity index is 2.14. The van der Waals surface area contributed by atoms with E-state index in [-0.39, 0.29) is 0 Å². The molecule has 0 aliphatic rings. The summed E-state index contributed by atoms with van der Waals surface area (Å²) in [5.74, 6) is 0.568. The summed E-state index contributed by atoms with van der Waals surface area (Å²) in [5, 5.41) is 8.15. The highest BCUT2D eigenvalue weighted by Gasteiger charge is 2.03. The van der Waals surface area contributed by atoms with E-state index in [1.54, 1.807) is 6.20 Å². The van der Waals surface area contributed by atoms with Crippen molar-refractivity contribution in [2.24, 2.45) is 5.92 Å². The van der Waals surface area contributed by atoms with E-state index in [4.69, 9.17) is 12.2 Å². The summed E-state index contributed by atoms with van der Waals surface area (Å²) in [6.45, 7) is 5.17. The van der Waals surface area contributed by atoms with E-state index < -0.39 is 0 Å². The zero-order valence-electron chi connectivity index (χ0n) is 10.6. The van der Waals surface area contributed by atoms with Gasteiger partial charge in [-0.2, -0.15) is 0 Å². The molecule has 0 atom stereocenters. The SMILES string of the molecule is CC(C)CNC(=S)Nc1cccc2ncccc12. The van der Waals surface area contributed by atoms with Crippen LogP contribution in [0.4, 0.5) is 5.69 Å². The Hall–Kier alpha value is -1.68. The largest absolute Gasteiger partial charge is 0.362 e. The second-order valence-electron chi connectivity index (χ2n) is 4.60. The molecule has 2 N–H and O–H groups in total. The summed E-state index contributed by atoms with van der Waals surface area (Å²) < 4.78 is 0. The second-order valence-corrected chi connectivity index (χ2v) is 5.01. The van der Waals surface area contributed by atoms with Crippen molar-refractivity contribution in [3.05, 3.63) is 36.5 Å². The number of anilines is 1. The molecule has 0 saturated heterocycles. The first-order valence-corrected chi connectivity index (χ1v) is 6.46. The number of pyridine rings is 1. The van der Waals surface area contributed by atoms with Crippen molar-refractivity contribution in [2.45, 2.75) is 13.8 Å². The van der Waals surface area contributed by atoms with Crippen LogP contribution in [-0.4, -0.2) is 16.6 Å². The minimum Gasteiger partial charge on any atom is -0.362 e. The Morgan fingerprint density at radius 2 is 2.11 bits per heavy atom. The molecule has 0 fully saturated rings. The van der Waals surface area contributed by atoms with Gasteiger partial charge in [-0.05, 0) is 42.4 Å². The van der Waals surface area contributed by atoms with Crippen molar-refractivity contribution < 1.29 is 0 Å². The van der Waals surface area contributed by atoms with Gasteiger partial charge in [0.2, 0.25) is 0 Å². The molecular formula is C14H17N3S. The topological polar surface area (TPSA) is 37.0 Å². The van der Waals surface area contributed by atoms with Gasteiger partial charge in [-0.25, -0.2) is 0 Å². The highest BCUT2D eigenvalue weighted by molar-refractivity contribution is 7.80. The predicted octanol–water partition coefficient (Wildman–Crippen LogP) is 3.18. The summed E-state index contributed by atoms with van der Waals surface area (Å²) in [5.41, 5.74) is 1.95. The Morgan fingerprint density at radius 3 is 2.89 bits per heavy atom. The van der Waals surface area contributed by atoms with E-state index in [0.717, 1.165) is 23.1 Å². The Morgan fingerprint density at radius 1 is 1.28 bits per heavy atom. The molecule has 1 aromatic carbocycles. The Labute approximate surface area is 113 Å². The van der Waals surface area contributed by atoms with Crippen molar-refractivity contribution in [3.63, 3.8) is 0 Å². The zero-order chi connectivity index (χ0) is 13.0. The average molecular weight is 259 g/mol. The molecule has 94 valence electrons. The first-order chi connectivity index (χ1) is 8.66. The third kappa shape index (κ3) is 3.17. The molecule has 2 rings (SSSR count). The number of thiocarbonyl (C=S) groups is 1. The van der Waals surface area contributed by atoms with Crippen LogP contribution in [0.5, 0.6) is 0 Å². The zero-order valence-corrected chi connectivity index (χ0v) is 11.4. The average Bonchev–Trinajstić information content (AvgIpc) is 2.37. The van der Waals surface area contributed by atoms with Gasteiger partial charge in [-0.1, -0.05) is 19.9 Å². The molecule has 1 aromatic heterocycles.